The molecule has 0 aromatic carbocycles. The minimum absolute atomic E-state index is 0.280. The first-order valence-corrected chi connectivity index (χ1v) is 8.42. The number of nitrogens with zero attached hydrogens (tertiary/aromatic N) is 1. The minimum atomic E-state index is -3.38. The Hall–Kier alpha value is -0.630. The summed E-state index contributed by atoms with van der Waals surface area (Å²) < 4.78 is 26.6. The first-order chi connectivity index (χ1) is 8.49. The second-order valence-electron chi connectivity index (χ2n) is 3.98. The summed E-state index contributed by atoms with van der Waals surface area (Å²) in [7, 11) is -3.38. The van der Waals surface area contributed by atoms with Gasteiger partial charge in [0.05, 0.1) is 0 Å². The molecule has 0 aliphatic carbocycles. The van der Waals surface area contributed by atoms with E-state index in [0.29, 0.717) is 12.2 Å². The Morgan fingerprint density at radius 1 is 1.39 bits per heavy atom. The standard InChI is InChI=1S/C11H21N3O2S2/c1-3-14(4-2)7-5-6-13-18(15,16)11-8-10(12)9-17-11/h8-9,13H,3-7,12H2,1-2H3. The summed E-state index contributed by atoms with van der Waals surface area (Å²) in [6.45, 7) is 7.54. The van der Waals surface area contributed by atoms with E-state index in [1.54, 1.807) is 5.38 Å². The summed E-state index contributed by atoms with van der Waals surface area (Å²) in [4.78, 5) is 2.26. The van der Waals surface area contributed by atoms with Crippen LogP contribution in [0.25, 0.3) is 0 Å². The fraction of sp³-hybridized carbons (Fsp3) is 0.636. The highest BCUT2D eigenvalue weighted by Gasteiger charge is 2.15. The van der Waals surface area contributed by atoms with E-state index in [0.717, 1.165) is 37.4 Å². The van der Waals surface area contributed by atoms with E-state index in [9.17, 15) is 8.42 Å². The van der Waals surface area contributed by atoms with Crippen LogP contribution in [0.3, 0.4) is 0 Å². The van der Waals surface area contributed by atoms with Crippen molar-refractivity contribution < 1.29 is 8.42 Å². The molecule has 0 amide bonds. The zero-order valence-corrected chi connectivity index (χ0v) is 12.5. The number of rotatable bonds is 8. The van der Waals surface area contributed by atoms with Crippen molar-refractivity contribution in [2.24, 2.45) is 0 Å². The van der Waals surface area contributed by atoms with Gasteiger partial charge in [-0.05, 0) is 32.1 Å². The highest BCUT2D eigenvalue weighted by Crippen LogP contribution is 2.21. The predicted molar refractivity (Wildman–Crippen MR) is 76.3 cm³/mol. The molecule has 0 aliphatic rings. The van der Waals surface area contributed by atoms with Gasteiger partial charge in [0.15, 0.2) is 0 Å². The van der Waals surface area contributed by atoms with Gasteiger partial charge < -0.3 is 10.6 Å². The van der Waals surface area contributed by atoms with E-state index >= 15 is 0 Å². The van der Waals surface area contributed by atoms with Gasteiger partial charge in [-0.25, -0.2) is 13.1 Å². The molecule has 0 radical (unpaired) electrons. The van der Waals surface area contributed by atoms with Crippen LogP contribution in [-0.2, 0) is 10.0 Å². The van der Waals surface area contributed by atoms with Crippen LogP contribution in [0.1, 0.15) is 20.3 Å². The monoisotopic (exact) mass is 291 g/mol. The Morgan fingerprint density at radius 2 is 2.06 bits per heavy atom. The molecule has 0 fully saturated rings. The average Bonchev–Trinajstić information content (AvgIpc) is 2.77. The normalized spacial score (nSPS) is 12.2. The van der Waals surface area contributed by atoms with Crippen molar-refractivity contribution in [1.82, 2.24) is 9.62 Å². The molecule has 1 rings (SSSR count). The maximum Gasteiger partial charge on any atom is 0.250 e. The predicted octanol–water partition coefficient (Wildman–Crippen LogP) is 1.34. The summed E-state index contributed by atoms with van der Waals surface area (Å²) in [5.74, 6) is 0. The molecule has 3 N–H and O–H groups in total. The van der Waals surface area contributed by atoms with Gasteiger partial charge in [0, 0.05) is 17.6 Å². The fourth-order valence-electron chi connectivity index (χ4n) is 1.59. The maximum absolute atomic E-state index is 11.9. The molecular weight excluding hydrogens is 270 g/mol. The van der Waals surface area contributed by atoms with Crippen molar-refractivity contribution in [1.29, 1.82) is 0 Å². The topological polar surface area (TPSA) is 75.4 Å². The fourth-order valence-corrected chi connectivity index (χ4v) is 3.79. The number of nitrogen functional groups attached to an aromatic ring is 1. The van der Waals surface area contributed by atoms with Crippen LogP contribution in [0, 0.1) is 0 Å². The molecular formula is C11H21N3O2S2. The molecule has 1 aromatic heterocycles. The summed E-state index contributed by atoms with van der Waals surface area (Å²) in [6.07, 6.45) is 0.807. The van der Waals surface area contributed by atoms with Gasteiger partial charge in [-0.2, -0.15) is 0 Å². The first kappa shape index (κ1) is 15.4. The van der Waals surface area contributed by atoms with Crippen LogP contribution in [0.15, 0.2) is 15.7 Å². The van der Waals surface area contributed by atoms with Gasteiger partial charge in [0.2, 0.25) is 10.0 Å². The lowest BCUT2D eigenvalue weighted by atomic mass is 10.4. The first-order valence-electron chi connectivity index (χ1n) is 6.05. The molecule has 0 saturated heterocycles. The summed E-state index contributed by atoms with van der Waals surface area (Å²) in [6, 6.07) is 1.48. The van der Waals surface area contributed by atoms with E-state index in [2.05, 4.69) is 23.5 Å². The van der Waals surface area contributed by atoms with Crippen molar-refractivity contribution in [3.8, 4) is 0 Å². The van der Waals surface area contributed by atoms with Gasteiger partial charge >= 0.3 is 0 Å². The number of anilines is 1. The number of sulfonamides is 1. The Balaban J connectivity index is 2.39. The second kappa shape index (κ2) is 7.08. The Morgan fingerprint density at radius 3 is 2.56 bits per heavy atom. The lowest BCUT2D eigenvalue weighted by Crippen LogP contribution is -2.29. The third-order valence-electron chi connectivity index (χ3n) is 2.70. The lowest BCUT2D eigenvalue weighted by Gasteiger charge is -2.17. The minimum Gasteiger partial charge on any atom is -0.398 e. The Kier molecular flexibility index (Phi) is 6.07. The number of nitrogens with one attached hydrogen (secondary N) is 1. The number of hydrogen-bond acceptors (Lipinski definition) is 5. The Bertz CT molecular complexity index is 453. The van der Waals surface area contributed by atoms with Gasteiger partial charge in [0.1, 0.15) is 4.21 Å². The number of thiophene rings is 1. The molecule has 1 heterocycles. The van der Waals surface area contributed by atoms with Crippen molar-refractivity contribution in [2.45, 2.75) is 24.5 Å². The highest BCUT2D eigenvalue weighted by molar-refractivity contribution is 7.91. The largest absolute Gasteiger partial charge is 0.398 e. The molecule has 0 atom stereocenters. The van der Waals surface area contributed by atoms with E-state index in [-0.39, 0.29) is 4.21 Å². The molecule has 0 saturated carbocycles. The van der Waals surface area contributed by atoms with Crippen molar-refractivity contribution in [3.63, 3.8) is 0 Å². The van der Waals surface area contributed by atoms with Crippen molar-refractivity contribution in [3.05, 3.63) is 11.4 Å². The zero-order chi connectivity index (χ0) is 13.6. The lowest BCUT2D eigenvalue weighted by molar-refractivity contribution is 0.300. The van der Waals surface area contributed by atoms with Crippen LogP contribution < -0.4 is 10.5 Å². The second-order valence-corrected chi connectivity index (χ2v) is 6.88. The number of nitrogens with two attached hydrogens (primary N) is 1. The molecule has 18 heavy (non-hydrogen) atoms. The highest BCUT2D eigenvalue weighted by atomic mass is 32.2. The summed E-state index contributed by atoms with van der Waals surface area (Å²) in [5, 5.41) is 1.63. The molecule has 7 heteroatoms. The smallest absolute Gasteiger partial charge is 0.250 e. The molecule has 0 aliphatic heterocycles. The van der Waals surface area contributed by atoms with E-state index < -0.39 is 10.0 Å². The summed E-state index contributed by atoms with van der Waals surface area (Å²) in [5.41, 5.74) is 6.01. The SMILES string of the molecule is CCN(CC)CCCNS(=O)(=O)c1cc(N)cs1. The third-order valence-corrected chi connectivity index (χ3v) is 5.62. The van der Waals surface area contributed by atoms with Crippen LogP contribution in [0.5, 0.6) is 0 Å². The Labute approximate surface area is 113 Å². The van der Waals surface area contributed by atoms with E-state index in [1.165, 1.54) is 6.07 Å². The molecule has 0 unspecified atom stereocenters. The molecule has 0 bridgehead atoms. The molecule has 5 nitrogen and oxygen atoms in total. The number of hydrogen-bond donors (Lipinski definition) is 2. The summed E-state index contributed by atoms with van der Waals surface area (Å²) >= 11 is 1.14. The van der Waals surface area contributed by atoms with Crippen LogP contribution in [-0.4, -0.2) is 39.5 Å². The maximum atomic E-state index is 11.9. The molecule has 0 spiro atoms. The van der Waals surface area contributed by atoms with Crippen molar-refractivity contribution in [2.75, 3.05) is 31.9 Å². The van der Waals surface area contributed by atoms with Gasteiger partial charge in [-0.1, -0.05) is 13.8 Å². The van der Waals surface area contributed by atoms with Crippen LogP contribution in [0.4, 0.5) is 5.69 Å². The third kappa shape index (κ3) is 4.56. The zero-order valence-electron chi connectivity index (χ0n) is 10.8. The van der Waals surface area contributed by atoms with Gasteiger partial charge in [-0.3, -0.25) is 0 Å². The van der Waals surface area contributed by atoms with Crippen LogP contribution in [0.2, 0.25) is 0 Å². The van der Waals surface area contributed by atoms with Crippen molar-refractivity contribution >= 4 is 27.0 Å². The van der Waals surface area contributed by atoms with Crippen LogP contribution >= 0.6 is 11.3 Å². The van der Waals surface area contributed by atoms with Gasteiger partial charge in [-0.15, -0.1) is 11.3 Å². The molecule has 104 valence electrons. The quantitative estimate of drug-likeness (QED) is 0.709. The van der Waals surface area contributed by atoms with Gasteiger partial charge in [0.25, 0.3) is 0 Å². The van der Waals surface area contributed by atoms with E-state index in [4.69, 9.17) is 5.73 Å². The average molecular weight is 291 g/mol. The molecule has 1 aromatic rings. The van der Waals surface area contributed by atoms with E-state index in [1.807, 2.05) is 0 Å².